The molecule has 108 valence electrons. The topological polar surface area (TPSA) is 44.4 Å². The molecule has 0 spiro atoms. The van der Waals surface area contributed by atoms with E-state index < -0.39 is 0 Å². The Morgan fingerprint density at radius 2 is 2.05 bits per heavy atom. The largest absolute Gasteiger partial charge is 0.352 e. The van der Waals surface area contributed by atoms with E-state index in [0.717, 1.165) is 13.1 Å². The van der Waals surface area contributed by atoms with E-state index in [1.54, 1.807) is 0 Å². The van der Waals surface area contributed by atoms with Crippen molar-refractivity contribution in [2.45, 2.75) is 76.0 Å². The molecular weight excluding hydrogens is 238 g/mol. The van der Waals surface area contributed by atoms with Gasteiger partial charge in [-0.05, 0) is 58.5 Å². The zero-order valence-corrected chi connectivity index (χ0v) is 12.0. The highest BCUT2D eigenvalue weighted by Gasteiger charge is 2.37. The van der Waals surface area contributed by atoms with Crippen LogP contribution < -0.4 is 10.6 Å². The Bertz CT molecular complexity index is 323. The molecule has 19 heavy (non-hydrogen) atoms. The predicted octanol–water partition coefficient (Wildman–Crippen LogP) is 1.26. The molecule has 2 aliphatic heterocycles. The monoisotopic (exact) mass is 265 g/mol. The molecule has 3 atom stereocenters. The molecule has 1 saturated carbocycles. The first-order valence-electron chi connectivity index (χ1n) is 8.05. The lowest BCUT2D eigenvalue weighted by atomic mass is 9.93. The van der Waals surface area contributed by atoms with E-state index in [9.17, 15) is 4.79 Å². The highest BCUT2D eigenvalue weighted by atomic mass is 16.2. The molecule has 0 radical (unpaired) electrons. The Morgan fingerprint density at radius 1 is 1.21 bits per heavy atom. The van der Waals surface area contributed by atoms with Crippen LogP contribution in [0.4, 0.5) is 0 Å². The fourth-order valence-corrected chi connectivity index (χ4v) is 3.63. The van der Waals surface area contributed by atoms with Gasteiger partial charge >= 0.3 is 0 Å². The number of hydrogen-bond acceptors (Lipinski definition) is 3. The summed E-state index contributed by atoms with van der Waals surface area (Å²) in [7, 11) is 0. The molecule has 0 bridgehead atoms. The first kappa shape index (κ1) is 13.4. The van der Waals surface area contributed by atoms with Gasteiger partial charge in [0.15, 0.2) is 0 Å². The SMILES string of the molecule is CC(C(=O)NC1CC1)N1CCCCC1C1CCCN1. The summed E-state index contributed by atoms with van der Waals surface area (Å²) >= 11 is 0. The van der Waals surface area contributed by atoms with Crippen LogP contribution in [0.3, 0.4) is 0 Å². The van der Waals surface area contributed by atoms with Crippen molar-refractivity contribution in [3.05, 3.63) is 0 Å². The normalized spacial score (nSPS) is 34.2. The minimum atomic E-state index is 0.0355. The second-order valence-corrected chi connectivity index (χ2v) is 6.46. The average Bonchev–Trinajstić information content (AvgIpc) is 3.08. The summed E-state index contributed by atoms with van der Waals surface area (Å²) in [4.78, 5) is 14.7. The summed E-state index contributed by atoms with van der Waals surface area (Å²) in [5.41, 5.74) is 0. The second kappa shape index (κ2) is 5.80. The molecule has 3 fully saturated rings. The molecule has 3 unspecified atom stereocenters. The van der Waals surface area contributed by atoms with E-state index in [-0.39, 0.29) is 11.9 Å². The van der Waals surface area contributed by atoms with Crippen molar-refractivity contribution in [1.29, 1.82) is 0 Å². The van der Waals surface area contributed by atoms with E-state index >= 15 is 0 Å². The second-order valence-electron chi connectivity index (χ2n) is 6.46. The summed E-state index contributed by atoms with van der Waals surface area (Å²) in [5, 5.41) is 6.79. The molecule has 4 nitrogen and oxygen atoms in total. The molecule has 2 saturated heterocycles. The number of carbonyl (C=O) groups excluding carboxylic acids is 1. The Morgan fingerprint density at radius 3 is 2.74 bits per heavy atom. The quantitative estimate of drug-likeness (QED) is 0.804. The van der Waals surface area contributed by atoms with Crippen molar-refractivity contribution in [2.75, 3.05) is 13.1 Å². The van der Waals surface area contributed by atoms with Crippen molar-refractivity contribution in [1.82, 2.24) is 15.5 Å². The molecule has 0 aromatic carbocycles. The van der Waals surface area contributed by atoms with Gasteiger partial charge in [0.1, 0.15) is 0 Å². The van der Waals surface area contributed by atoms with Crippen LogP contribution in [0.5, 0.6) is 0 Å². The molecule has 3 rings (SSSR count). The maximum absolute atomic E-state index is 12.3. The fraction of sp³-hybridized carbons (Fsp3) is 0.933. The Kier molecular flexibility index (Phi) is 4.08. The third-order valence-electron chi connectivity index (χ3n) is 4.96. The van der Waals surface area contributed by atoms with Crippen LogP contribution >= 0.6 is 0 Å². The molecule has 1 aliphatic carbocycles. The molecule has 0 aromatic heterocycles. The van der Waals surface area contributed by atoms with Gasteiger partial charge in [0.2, 0.25) is 5.91 Å². The number of piperidine rings is 1. The van der Waals surface area contributed by atoms with Crippen LogP contribution in [0.25, 0.3) is 0 Å². The van der Waals surface area contributed by atoms with Crippen molar-refractivity contribution in [3.63, 3.8) is 0 Å². The minimum absolute atomic E-state index is 0.0355. The van der Waals surface area contributed by atoms with Crippen LogP contribution in [0.2, 0.25) is 0 Å². The molecular formula is C15H27N3O. The van der Waals surface area contributed by atoms with Gasteiger partial charge in [-0.25, -0.2) is 0 Å². The van der Waals surface area contributed by atoms with Crippen LogP contribution in [0, 0.1) is 0 Å². The van der Waals surface area contributed by atoms with Gasteiger partial charge in [-0.1, -0.05) is 6.42 Å². The zero-order valence-electron chi connectivity index (χ0n) is 12.0. The van der Waals surface area contributed by atoms with E-state index in [2.05, 4.69) is 22.5 Å². The minimum Gasteiger partial charge on any atom is -0.352 e. The molecule has 4 heteroatoms. The first-order chi connectivity index (χ1) is 9.25. The highest BCUT2D eigenvalue weighted by Crippen LogP contribution is 2.26. The van der Waals surface area contributed by atoms with Gasteiger partial charge < -0.3 is 10.6 Å². The Balaban J connectivity index is 1.62. The van der Waals surface area contributed by atoms with Crippen molar-refractivity contribution in [3.8, 4) is 0 Å². The lowest BCUT2D eigenvalue weighted by Crippen LogP contribution is -2.57. The van der Waals surface area contributed by atoms with E-state index in [4.69, 9.17) is 0 Å². The standard InChI is InChI=1S/C15H27N3O/c1-11(15(19)17-12-7-8-12)18-10-3-2-6-14(18)13-5-4-9-16-13/h11-14,16H,2-10H2,1H3,(H,17,19). The lowest BCUT2D eigenvalue weighted by Gasteiger charge is -2.42. The summed E-state index contributed by atoms with van der Waals surface area (Å²) in [6.07, 6.45) is 8.72. The van der Waals surface area contributed by atoms with Crippen molar-refractivity contribution >= 4 is 5.91 Å². The molecule has 1 amide bonds. The number of hydrogen-bond donors (Lipinski definition) is 2. The Hall–Kier alpha value is -0.610. The highest BCUT2D eigenvalue weighted by molar-refractivity contribution is 5.81. The maximum atomic E-state index is 12.3. The van der Waals surface area contributed by atoms with E-state index in [1.807, 2.05) is 0 Å². The molecule has 0 aromatic rings. The van der Waals surface area contributed by atoms with Gasteiger partial charge in [0.25, 0.3) is 0 Å². The van der Waals surface area contributed by atoms with Gasteiger partial charge in [-0.3, -0.25) is 9.69 Å². The lowest BCUT2D eigenvalue weighted by molar-refractivity contribution is -0.127. The van der Waals surface area contributed by atoms with Crippen molar-refractivity contribution < 1.29 is 4.79 Å². The number of rotatable bonds is 4. The summed E-state index contributed by atoms with van der Waals surface area (Å²) < 4.78 is 0. The van der Waals surface area contributed by atoms with Gasteiger partial charge in [-0.15, -0.1) is 0 Å². The van der Waals surface area contributed by atoms with Gasteiger partial charge in [0.05, 0.1) is 6.04 Å². The zero-order chi connectivity index (χ0) is 13.2. The average molecular weight is 265 g/mol. The number of nitrogens with one attached hydrogen (secondary N) is 2. The van der Waals surface area contributed by atoms with Crippen LogP contribution in [-0.2, 0) is 4.79 Å². The van der Waals surface area contributed by atoms with Crippen LogP contribution in [0.1, 0.15) is 51.9 Å². The van der Waals surface area contributed by atoms with E-state index in [0.29, 0.717) is 18.1 Å². The third kappa shape index (κ3) is 3.11. The maximum Gasteiger partial charge on any atom is 0.237 e. The number of likely N-dealkylation sites (tertiary alicyclic amines) is 1. The number of carbonyl (C=O) groups is 1. The van der Waals surface area contributed by atoms with Crippen molar-refractivity contribution in [2.24, 2.45) is 0 Å². The summed E-state index contributed by atoms with van der Waals surface area (Å²) in [6.45, 7) is 4.32. The van der Waals surface area contributed by atoms with E-state index in [1.165, 1.54) is 44.9 Å². The first-order valence-corrected chi connectivity index (χ1v) is 8.05. The smallest absolute Gasteiger partial charge is 0.237 e. The molecule has 2 N–H and O–H groups in total. The Labute approximate surface area is 116 Å². The number of amides is 1. The fourth-order valence-electron chi connectivity index (χ4n) is 3.63. The van der Waals surface area contributed by atoms with Gasteiger partial charge in [0, 0.05) is 18.1 Å². The third-order valence-corrected chi connectivity index (χ3v) is 4.96. The van der Waals surface area contributed by atoms with Crippen LogP contribution in [-0.4, -0.2) is 48.1 Å². The summed E-state index contributed by atoms with van der Waals surface area (Å²) in [6, 6.07) is 1.68. The molecule has 2 heterocycles. The van der Waals surface area contributed by atoms with Crippen LogP contribution in [0.15, 0.2) is 0 Å². The predicted molar refractivity (Wildman–Crippen MR) is 76.0 cm³/mol. The van der Waals surface area contributed by atoms with Gasteiger partial charge in [-0.2, -0.15) is 0 Å². The number of nitrogens with zero attached hydrogens (tertiary/aromatic N) is 1. The summed E-state index contributed by atoms with van der Waals surface area (Å²) in [5.74, 6) is 0.243. The molecule has 3 aliphatic rings.